The van der Waals surface area contributed by atoms with Gasteiger partial charge in [-0.2, -0.15) is 5.10 Å². The van der Waals surface area contributed by atoms with Crippen LogP contribution in [0.1, 0.15) is 25.2 Å². The van der Waals surface area contributed by atoms with E-state index in [1.165, 1.54) is 5.56 Å². The number of hydrogen-bond acceptors (Lipinski definition) is 4. The molecule has 2 aromatic carbocycles. The molecule has 0 spiro atoms. The van der Waals surface area contributed by atoms with Gasteiger partial charge >= 0.3 is 5.97 Å². The summed E-state index contributed by atoms with van der Waals surface area (Å²) in [4.78, 5) is 11.7. The van der Waals surface area contributed by atoms with E-state index >= 15 is 0 Å². The molecule has 0 N–H and O–H groups in total. The van der Waals surface area contributed by atoms with Crippen molar-refractivity contribution in [3.63, 3.8) is 0 Å². The Hall–Kier alpha value is -3.34. The van der Waals surface area contributed by atoms with Gasteiger partial charge in [-0.05, 0) is 23.8 Å². The molecule has 4 aromatic rings. The van der Waals surface area contributed by atoms with Gasteiger partial charge in [0.05, 0.1) is 18.0 Å². The number of nitrogens with zero attached hydrogens (tertiary/aromatic N) is 2. The van der Waals surface area contributed by atoms with E-state index in [-0.39, 0.29) is 18.5 Å². The van der Waals surface area contributed by atoms with Gasteiger partial charge in [0.1, 0.15) is 18.1 Å². The third-order valence-electron chi connectivity index (χ3n) is 4.56. The Labute approximate surface area is 163 Å². The Morgan fingerprint density at radius 3 is 2.57 bits per heavy atom. The fourth-order valence-electron chi connectivity index (χ4n) is 3.08. The zero-order valence-electron chi connectivity index (χ0n) is 16.0. The second-order valence-electron chi connectivity index (χ2n) is 7.04. The monoisotopic (exact) mass is 374 g/mol. The molecule has 0 unspecified atom stereocenters. The lowest BCUT2D eigenvalue weighted by Crippen LogP contribution is -2.10. The average molecular weight is 374 g/mol. The second kappa shape index (κ2) is 7.72. The van der Waals surface area contributed by atoms with Gasteiger partial charge in [0.25, 0.3) is 0 Å². The number of fused-ring (bicyclic) bond motifs is 1. The van der Waals surface area contributed by atoms with E-state index in [2.05, 4.69) is 18.2 Å². The first-order valence-corrected chi connectivity index (χ1v) is 9.37. The Balaban J connectivity index is 1.63. The van der Waals surface area contributed by atoms with Gasteiger partial charge in [-0.3, -0.25) is 9.48 Å². The van der Waals surface area contributed by atoms with E-state index in [0.29, 0.717) is 18.1 Å². The van der Waals surface area contributed by atoms with Crippen molar-refractivity contribution in [2.45, 2.75) is 27.0 Å². The summed E-state index contributed by atoms with van der Waals surface area (Å²) in [6.07, 6.45) is 0. The fourth-order valence-corrected chi connectivity index (χ4v) is 3.08. The third-order valence-corrected chi connectivity index (χ3v) is 4.56. The topological polar surface area (TPSA) is 57.3 Å². The number of furan rings is 1. The Bertz CT molecular complexity index is 1090. The van der Waals surface area contributed by atoms with E-state index in [9.17, 15) is 4.79 Å². The molecule has 4 rings (SSSR count). The van der Waals surface area contributed by atoms with Crippen LogP contribution in [0.25, 0.3) is 22.4 Å². The maximum Gasteiger partial charge on any atom is 0.308 e. The number of rotatable bonds is 6. The third kappa shape index (κ3) is 3.69. The van der Waals surface area contributed by atoms with E-state index < -0.39 is 0 Å². The molecule has 0 aliphatic carbocycles. The molecule has 142 valence electrons. The number of hydrogen-bond donors (Lipinski definition) is 0. The van der Waals surface area contributed by atoms with Gasteiger partial charge in [0, 0.05) is 5.39 Å². The standard InChI is InChI=1S/C23H22N2O3/c1-16(2)23(26)27-15-18-12-13-21(28-18)22-19-10-6-7-11-20(19)25(24-22)14-17-8-4-3-5-9-17/h3-13,16H,14-15H2,1-2H3. The van der Waals surface area contributed by atoms with Crippen molar-refractivity contribution >= 4 is 16.9 Å². The molecule has 0 saturated heterocycles. The van der Waals surface area contributed by atoms with Crippen molar-refractivity contribution in [2.75, 3.05) is 0 Å². The predicted octanol–water partition coefficient (Wildman–Crippen LogP) is 5.04. The van der Waals surface area contributed by atoms with Crippen LogP contribution in [-0.4, -0.2) is 15.7 Å². The molecule has 0 amide bonds. The summed E-state index contributed by atoms with van der Waals surface area (Å²) in [5, 5.41) is 5.83. The van der Waals surface area contributed by atoms with Gasteiger partial charge in [0.15, 0.2) is 5.76 Å². The first kappa shape index (κ1) is 18.0. The summed E-state index contributed by atoms with van der Waals surface area (Å²) in [6, 6.07) is 22.0. The first-order chi connectivity index (χ1) is 13.6. The highest BCUT2D eigenvalue weighted by atomic mass is 16.5. The second-order valence-corrected chi connectivity index (χ2v) is 7.04. The van der Waals surface area contributed by atoms with Crippen LogP contribution in [0, 0.1) is 5.92 Å². The lowest BCUT2D eigenvalue weighted by atomic mass is 10.2. The Morgan fingerprint density at radius 1 is 1.04 bits per heavy atom. The van der Waals surface area contributed by atoms with Gasteiger partial charge < -0.3 is 9.15 Å². The van der Waals surface area contributed by atoms with E-state index in [0.717, 1.165) is 16.6 Å². The predicted molar refractivity (Wildman–Crippen MR) is 108 cm³/mol. The number of aromatic nitrogens is 2. The average Bonchev–Trinajstić information content (AvgIpc) is 3.32. The normalized spacial score (nSPS) is 11.2. The van der Waals surface area contributed by atoms with Crippen LogP contribution < -0.4 is 0 Å². The van der Waals surface area contributed by atoms with Crippen molar-refractivity contribution in [3.8, 4) is 11.5 Å². The molecular formula is C23H22N2O3. The molecule has 0 aliphatic heterocycles. The summed E-state index contributed by atoms with van der Waals surface area (Å²) in [6.45, 7) is 4.42. The van der Waals surface area contributed by atoms with Crippen LogP contribution in [0.3, 0.4) is 0 Å². The van der Waals surface area contributed by atoms with Crippen LogP contribution >= 0.6 is 0 Å². The number of benzene rings is 2. The molecular weight excluding hydrogens is 352 g/mol. The number of carbonyl (C=O) groups is 1. The minimum Gasteiger partial charge on any atom is -0.457 e. The van der Waals surface area contributed by atoms with Crippen LogP contribution in [0.15, 0.2) is 71.1 Å². The maximum absolute atomic E-state index is 11.7. The van der Waals surface area contributed by atoms with Crippen LogP contribution in [0.4, 0.5) is 0 Å². The lowest BCUT2D eigenvalue weighted by molar-refractivity contribution is -0.149. The minimum atomic E-state index is -0.240. The minimum absolute atomic E-state index is 0.125. The van der Waals surface area contributed by atoms with E-state index in [1.54, 1.807) is 13.8 Å². The molecule has 0 saturated carbocycles. The van der Waals surface area contributed by atoms with Gasteiger partial charge in [-0.25, -0.2) is 0 Å². The Morgan fingerprint density at radius 2 is 1.79 bits per heavy atom. The van der Waals surface area contributed by atoms with E-state index in [4.69, 9.17) is 14.3 Å². The molecule has 0 aliphatic rings. The zero-order valence-corrected chi connectivity index (χ0v) is 16.0. The van der Waals surface area contributed by atoms with Crippen molar-refractivity contribution in [3.05, 3.63) is 78.1 Å². The van der Waals surface area contributed by atoms with Gasteiger partial charge in [-0.15, -0.1) is 0 Å². The molecule has 5 nitrogen and oxygen atoms in total. The highest BCUT2D eigenvalue weighted by Gasteiger charge is 2.16. The van der Waals surface area contributed by atoms with Crippen molar-refractivity contribution in [1.29, 1.82) is 0 Å². The first-order valence-electron chi connectivity index (χ1n) is 9.37. The van der Waals surface area contributed by atoms with Crippen LogP contribution in [-0.2, 0) is 22.7 Å². The molecule has 0 bridgehead atoms. The molecule has 2 aromatic heterocycles. The van der Waals surface area contributed by atoms with Crippen LogP contribution in [0.2, 0.25) is 0 Å². The van der Waals surface area contributed by atoms with Crippen molar-refractivity contribution in [1.82, 2.24) is 9.78 Å². The lowest BCUT2D eigenvalue weighted by Gasteiger charge is -2.04. The van der Waals surface area contributed by atoms with Gasteiger partial charge in [-0.1, -0.05) is 62.4 Å². The largest absolute Gasteiger partial charge is 0.457 e. The van der Waals surface area contributed by atoms with Crippen molar-refractivity contribution < 1.29 is 13.9 Å². The summed E-state index contributed by atoms with van der Waals surface area (Å²) in [5.74, 6) is 0.867. The molecule has 5 heteroatoms. The quantitative estimate of drug-likeness (QED) is 0.444. The molecule has 0 atom stereocenters. The molecule has 28 heavy (non-hydrogen) atoms. The Kier molecular flexibility index (Phi) is 4.98. The fraction of sp³-hybridized carbons (Fsp3) is 0.217. The number of para-hydroxylation sites is 1. The smallest absolute Gasteiger partial charge is 0.308 e. The summed E-state index contributed by atoms with van der Waals surface area (Å²) in [7, 11) is 0. The molecule has 0 fully saturated rings. The maximum atomic E-state index is 11.7. The number of carbonyl (C=O) groups excluding carboxylic acids is 1. The van der Waals surface area contributed by atoms with Gasteiger partial charge in [0.2, 0.25) is 0 Å². The molecule has 0 radical (unpaired) electrons. The molecule has 2 heterocycles. The summed E-state index contributed by atoms with van der Waals surface area (Å²) < 4.78 is 13.2. The van der Waals surface area contributed by atoms with E-state index in [1.807, 2.05) is 53.2 Å². The van der Waals surface area contributed by atoms with Crippen LogP contribution in [0.5, 0.6) is 0 Å². The highest BCUT2D eigenvalue weighted by Crippen LogP contribution is 2.30. The number of esters is 1. The van der Waals surface area contributed by atoms with Crippen molar-refractivity contribution in [2.24, 2.45) is 5.92 Å². The number of ether oxygens (including phenoxy) is 1. The highest BCUT2D eigenvalue weighted by molar-refractivity contribution is 5.92. The summed E-state index contributed by atoms with van der Waals surface area (Å²) in [5.41, 5.74) is 3.02. The SMILES string of the molecule is CC(C)C(=O)OCc1ccc(-c2nn(Cc3ccccc3)c3ccccc23)o1. The summed E-state index contributed by atoms with van der Waals surface area (Å²) >= 11 is 0. The zero-order chi connectivity index (χ0) is 19.5.